The highest BCUT2D eigenvalue weighted by Crippen LogP contribution is 1.95. The zero-order valence-corrected chi connectivity index (χ0v) is 5.87. The van der Waals surface area contributed by atoms with E-state index in [2.05, 4.69) is 4.98 Å². The molecule has 0 N–H and O–H groups in total. The SMILES string of the molecule is COc1cc(=O)n(C)cn1. The van der Waals surface area contributed by atoms with Gasteiger partial charge < -0.3 is 9.30 Å². The smallest absolute Gasteiger partial charge is 0.256 e. The van der Waals surface area contributed by atoms with Gasteiger partial charge in [-0.15, -0.1) is 0 Å². The van der Waals surface area contributed by atoms with E-state index in [0.717, 1.165) is 0 Å². The summed E-state index contributed by atoms with van der Waals surface area (Å²) in [6.07, 6.45) is 1.42. The number of aryl methyl sites for hydroxylation is 1. The van der Waals surface area contributed by atoms with Crippen molar-refractivity contribution < 1.29 is 4.74 Å². The lowest BCUT2D eigenvalue weighted by atomic mass is 10.6. The summed E-state index contributed by atoms with van der Waals surface area (Å²) in [6.45, 7) is 0. The average Bonchev–Trinajstić information content (AvgIpc) is 1.95. The molecule has 54 valence electrons. The molecule has 0 aromatic carbocycles. The first-order valence-electron chi connectivity index (χ1n) is 2.80. The third-order valence-corrected chi connectivity index (χ3v) is 1.16. The summed E-state index contributed by atoms with van der Waals surface area (Å²) >= 11 is 0. The molecule has 4 nitrogen and oxygen atoms in total. The molecule has 0 aliphatic rings. The monoisotopic (exact) mass is 140 g/mol. The zero-order valence-electron chi connectivity index (χ0n) is 5.87. The molecule has 0 saturated carbocycles. The predicted molar refractivity (Wildman–Crippen MR) is 36.0 cm³/mol. The first kappa shape index (κ1) is 6.80. The van der Waals surface area contributed by atoms with Crippen molar-refractivity contribution in [3.8, 4) is 5.88 Å². The summed E-state index contributed by atoms with van der Waals surface area (Å²) < 4.78 is 6.10. The minimum absolute atomic E-state index is 0.119. The summed E-state index contributed by atoms with van der Waals surface area (Å²) in [5.41, 5.74) is -0.119. The van der Waals surface area contributed by atoms with Gasteiger partial charge in [-0.1, -0.05) is 0 Å². The van der Waals surface area contributed by atoms with Gasteiger partial charge in [0.2, 0.25) is 5.88 Å². The van der Waals surface area contributed by atoms with Crippen LogP contribution in [0.25, 0.3) is 0 Å². The highest BCUT2D eigenvalue weighted by molar-refractivity contribution is 5.04. The quantitative estimate of drug-likeness (QED) is 0.542. The lowest BCUT2D eigenvalue weighted by Gasteiger charge is -1.97. The van der Waals surface area contributed by atoms with Gasteiger partial charge in [0.15, 0.2) is 0 Å². The molecule has 0 aliphatic carbocycles. The second-order valence-corrected chi connectivity index (χ2v) is 1.88. The summed E-state index contributed by atoms with van der Waals surface area (Å²) in [6, 6.07) is 1.33. The van der Waals surface area contributed by atoms with Gasteiger partial charge >= 0.3 is 0 Å². The number of ether oxygens (including phenoxy) is 1. The summed E-state index contributed by atoms with van der Waals surface area (Å²) in [5, 5.41) is 0. The molecule has 0 unspecified atom stereocenters. The standard InChI is InChI=1S/C6H8N2O2/c1-8-4-7-5(10-2)3-6(8)9/h3-4H,1-2H3. The first-order valence-corrected chi connectivity index (χ1v) is 2.80. The molecular weight excluding hydrogens is 132 g/mol. The van der Waals surface area contributed by atoms with Crippen molar-refractivity contribution in [2.45, 2.75) is 0 Å². The maximum absolute atomic E-state index is 10.8. The Balaban J connectivity index is 3.17. The Bertz CT molecular complexity index is 279. The molecule has 0 saturated heterocycles. The van der Waals surface area contributed by atoms with Gasteiger partial charge in [-0.2, -0.15) is 0 Å². The largest absolute Gasteiger partial charge is 0.481 e. The lowest BCUT2D eigenvalue weighted by molar-refractivity contribution is 0.394. The van der Waals surface area contributed by atoms with Gasteiger partial charge in [-0.3, -0.25) is 4.79 Å². The number of hydrogen-bond donors (Lipinski definition) is 0. The second kappa shape index (κ2) is 2.51. The fourth-order valence-electron chi connectivity index (χ4n) is 0.557. The minimum atomic E-state index is -0.119. The number of aromatic nitrogens is 2. The van der Waals surface area contributed by atoms with E-state index in [1.165, 1.54) is 24.1 Å². The van der Waals surface area contributed by atoms with E-state index in [1.54, 1.807) is 7.05 Å². The van der Waals surface area contributed by atoms with Crippen LogP contribution in [-0.2, 0) is 7.05 Å². The van der Waals surface area contributed by atoms with Crippen molar-refractivity contribution in [2.24, 2.45) is 7.05 Å². The van der Waals surface area contributed by atoms with Crippen molar-refractivity contribution in [1.29, 1.82) is 0 Å². The summed E-state index contributed by atoms with van der Waals surface area (Å²) in [4.78, 5) is 14.6. The van der Waals surface area contributed by atoms with Crippen LogP contribution >= 0.6 is 0 Å². The van der Waals surface area contributed by atoms with Crippen molar-refractivity contribution in [3.63, 3.8) is 0 Å². The third kappa shape index (κ3) is 1.15. The van der Waals surface area contributed by atoms with Crippen LogP contribution in [0.3, 0.4) is 0 Å². The lowest BCUT2D eigenvalue weighted by Crippen LogP contribution is -2.15. The van der Waals surface area contributed by atoms with Crippen molar-refractivity contribution in [1.82, 2.24) is 9.55 Å². The van der Waals surface area contributed by atoms with Crippen LogP contribution in [-0.4, -0.2) is 16.7 Å². The van der Waals surface area contributed by atoms with Crippen LogP contribution in [0.2, 0.25) is 0 Å². The van der Waals surface area contributed by atoms with E-state index < -0.39 is 0 Å². The molecule has 0 aliphatic heterocycles. The molecule has 0 bridgehead atoms. The molecule has 1 rings (SSSR count). The molecule has 0 atom stereocenters. The maximum atomic E-state index is 10.8. The highest BCUT2D eigenvalue weighted by atomic mass is 16.5. The molecule has 0 spiro atoms. The fourth-order valence-corrected chi connectivity index (χ4v) is 0.557. The van der Waals surface area contributed by atoms with Gasteiger partial charge in [0.25, 0.3) is 5.56 Å². The van der Waals surface area contributed by atoms with Gasteiger partial charge in [0.05, 0.1) is 13.2 Å². The van der Waals surface area contributed by atoms with Crippen LogP contribution in [0.15, 0.2) is 17.2 Å². The summed E-state index contributed by atoms with van der Waals surface area (Å²) in [7, 11) is 3.11. The number of hydrogen-bond acceptors (Lipinski definition) is 3. The number of nitrogens with zero attached hydrogens (tertiary/aromatic N) is 2. The molecular formula is C6H8N2O2. The van der Waals surface area contributed by atoms with E-state index in [4.69, 9.17) is 4.74 Å². The predicted octanol–water partition coefficient (Wildman–Crippen LogP) is -0.211. The van der Waals surface area contributed by atoms with Crippen molar-refractivity contribution in [3.05, 3.63) is 22.7 Å². The van der Waals surface area contributed by atoms with Gasteiger partial charge in [-0.05, 0) is 0 Å². The number of methoxy groups -OCH3 is 1. The van der Waals surface area contributed by atoms with Gasteiger partial charge in [-0.25, -0.2) is 4.98 Å². The van der Waals surface area contributed by atoms with Crippen molar-refractivity contribution >= 4 is 0 Å². The normalized spacial score (nSPS) is 9.40. The Kier molecular flexibility index (Phi) is 1.71. The van der Waals surface area contributed by atoms with E-state index in [-0.39, 0.29) is 5.56 Å². The minimum Gasteiger partial charge on any atom is -0.481 e. The Morgan fingerprint density at radius 1 is 1.70 bits per heavy atom. The second-order valence-electron chi connectivity index (χ2n) is 1.88. The molecule has 0 radical (unpaired) electrons. The van der Waals surface area contributed by atoms with Crippen LogP contribution in [0.4, 0.5) is 0 Å². The van der Waals surface area contributed by atoms with Gasteiger partial charge in [0, 0.05) is 7.05 Å². The molecule has 10 heavy (non-hydrogen) atoms. The first-order chi connectivity index (χ1) is 4.74. The van der Waals surface area contributed by atoms with Crippen LogP contribution in [0.1, 0.15) is 0 Å². The number of rotatable bonds is 1. The van der Waals surface area contributed by atoms with E-state index in [0.29, 0.717) is 5.88 Å². The van der Waals surface area contributed by atoms with Crippen LogP contribution in [0, 0.1) is 0 Å². The van der Waals surface area contributed by atoms with E-state index in [9.17, 15) is 4.79 Å². The molecule has 4 heteroatoms. The Morgan fingerprint density at radius 3 is 2.90 bits per heavy atom. The Hall–Kier alpha value is -1.32. The van der Waals surface area contributed by atoms with E-state index >= 15 is 0 Å². The average molecular weight is 140 g/mol. The zero-order chi connectivity index (χ0) is 7.56. The van der Waals surface area contributed by atoms with Crippen molar-refractivity contribution in [2.75, 3.05) is 7.11 Å². The Labute approximate surface area is 58.1 Å². The fraction of sp³-hybridized carbons (Fsp3) is 0.333. The van der Waals surface area contributed by atoms with Crippen LogP contribution < -0.4 is 10.3 Å². The molecule has 0 fully saturated rings. The summed E-state index contributed by atoms with van der Waals surface area (Å²) in [5.74, 6) is 0.350. The maximum Gasteiger partial charge on any atom is 0.256 e. The molecule has 1 heterocycles. The van der Waals surface area contributed by atoms with Crippen LogP contribution in [0.5, 0.6) is 5.88 Å². The molecule has 1 aromatic heterocycles. The van der Waals surface area contributed by atoms with E-state index in [1.807, 2.05) is 0 Å². The highest BCUT2D eigenvalue weighted by Gasteiger charge is 1.93. The Morgan fingerprint density at radius 2 is 2.40 bits per heavy atom. The topological polar surface area (TPSA) is 44.1 Å². The van der Waals surface area contributed by atoms with Gasteiger partial charge in [0.1, 0.15) is 6.33 Å². The molecule has 1 aromatic rings. The molecule has 0 amide bonds. The third-order valence-electron chi connectivity index (χ3n) is 1.16.